The molecular weight excluding hydrogens is 454 g/mol. The van der Waals surface area contributed by atoms with Gasteiger partial charge in [0.2, 0.25) is 0 Å². The van der Waals surface area contributed by atoms with Crippen molar-refractivity contribution in [3.8, 4) is 5.69 Å². The lowest BCUT2D eigenvalue weighted by atomic mass is 10.0. The molecule has 3 aromatic rings. The van der Waals surface area contributed by atoms with Gasteiger partial charge in [-0.05, 0) is 36.2 Å². The molecule has 0 aliphatic carbocycles. The molecular formula is C20H16F6N6O. The second-order valence-electron chi connectivity index (χ2n) is 7.47. The van der Waals surface area contributed by atoms with Crippen LogP contribution < -0.4 is 5.73 Å². The summed E-state index contributed by atoms with van der Waals surface area (Å²) in [6.45, 7) is 0.706. The van der Waals surface area contributed by atoms with Gasteiger partial charge in [0, 0.05) is 37.6 Å². The lowest BCUT2D eigenvalue weighted by molar-refractivity contribution is -0.142. The van der Waals surface area contributed by atoms with Crippen molar-refractivity contribution in [3.63, 3.8) is 0 Å². The van der Waals surface area contributed by atoms with E-state index in [0.717, 1.165) is 29.2 Å². The Bertz CT molecular complexity index is 1200. The van der Waals surface area contributed by atoms with Crippen molar-refractivity contribution in [2.75, 3.05) is 6.54 Å². The smallest absolute Gasteiger partial charge is 0.364 e. The molecule has 174 valence electrons. The Hall–Kier alpha value is -3.48. The van der Waals surface area contributed by atoms with Crippen molar-refractivity contribution in [2.24, 2.45) is 5.73 Å². The Morgan fingerprint density at radius 2 is 1.79 bits per heavy atom. The minimum Gasteiger partial charge on any atom is -0.364 e. The summed E-state index contributed by atoms with van der Waals surface area (Å²) in [5.74, 6) is -0.872. The summed E-state index contributed by atoms with van der Waals surface area (Å²) in [6, 6.07) is 4.51. The highest BCUT2D eigenvalue weighted by Crippen LogP contribution is 2.31. The highest BCUT2D eigenvalue weighted by molar-refractivity contribution is 5.91. The third-order valence-electron chi connectivity index (χ3n) is 5.14. The largest absolute Gasteiger partial charge is 0.435 e. The quantitative estimate of drug-likeness (QED) is 0.591. The molecule has 0 saturated carbocycles. The third-order valence-corrected chi connectivity index (χ3v) is 5.14. The zero-order chi connectivity index (χ0) is 24.0. The van der Waals surface area contributed by atoms with Crippen LogP contribution in [0.2, 0.25) is 0 Å². The SMILES string of the molecule is NC(=O)c1cc(-n2ccc(C(F)(F)F)n2)c2c(n1)CN(Cc1ccnc(C(F)(F)F)c1)CC2. The lowest BCUT2D eigenvalue weighted by Gasteiger charge is -2.29. The van der Waals surface area contributed by atoms with Crippen LogP contribution in [-0.4, -0.2) is 37.1 Å². The van der Waals surface area contributed by atoms with Gasteiger partial charge in [0.05, 0.1) is 11.4 Å². The number of alkyl halides is 6. The minimum absolute atomic E-state index is 0.153. The van der Waals surface area contributed by atoms with Gasteiger partial charge in [-0.15, -0.1) is 0 Å². The van der Waals surface area contributed by atoms with Crippen LogP contribution >= 0.6 is 0 Å². The Morgan fingerprint density at radius 3 is 2.42 bits per heavy atom. The number of nitrogens with two attached hydrogens (primary N) is 1. The second kappa shape index (κ2) is 8.14. The van der Waals surface area contributed by atoms with E-state index in [-0.39, 0.29) is 24.5 Å². The Balaban J connectivity index is 1.65. The summed E-state index contributed by atoms with van der Waals surface area (Å²) < 4.78 is 78.8. The van der Waals surface area contributed by atoms with E-state index < -0.39 is 29.6 Å². The van der Waals surface area contributed by atoms with Crippen LogP contribution in [0.25, 0.3) is 5.69 Å². The fourth-order valence-electron chi connectivity index (χ4n) is 3.63. The molecule has 0 bridgehead atoms. The second-order valence-corrected chi connectivity index (χ2v) is 7.47. The molecule has 0 aromatic carbocycles. The van der Waals surface area contributed by atoms with Gasteiger partial charge in [-0.3, -0.25) is 14.7 Å². The van der Waals surface area contributed by atoms with Crippen LogP contribution in [0.5, 0.6) is 0 Å². The number of amides is 1. The summed E-state index contributed by atoms with van der Waals surface area (Å²) >= 11 is 0. The first-order chi connectivity index (χ1) is 15.4. The lowest BCUT2D eigenvalue weighted by Crippen LogP contribution is -2.32. The van der Waals surface area contributed by atoms with Crippen molar-refractivity contribution in [1.29, 1.82) is 0 Å². The molecule has 0 saturated heterocycles. The number of pyridine rings is 2. The molecule has 4 heterocycles. The van der Waals surface area contributed by atoms with Crippen molar-refractivity contribution < 1.29 is 31.1 Å². The molecule has 1 aliphatic heterocycles. The van der Waals surface area contributed by atoms with E-state index in [0.29, 0.717) is 29.8 Å². The maximum Gasteiger partial charge on any atom is 0.435 e. The van der Waals surface area contributed by atoms with Gasteiger partial charge in [0.15, 0.2) is 5.69 Å². The third kappa shape index (κ3) is 4.82. The number of halogens is 6. The molecule has 13 heteroatoms. The normalized spacial score (nSPS) is 14.8. The van der Waals surface area contributed by atoms with E-state index in [1.807, 2.05) is 4.90 Å². The number of nitrogens with zero attached hydrogens (tertiary/aromatic N) is 5. The number of rotatable bonds is 4. The van der Waals surface area contributed by atoms with Crippen LogP contribution in [0, 0.1) is 0 Å². The maximum absolute atomic E-state index is 13.0. The molecule has 4 rings (SSSR count). The summed E-state index contributed by atoms with van der Waals surface area (Å²) in [5, 5.41) is 3.56. The average Bonchev–Trinajstić information content (AvgIpc) is 3.23. The number of carbonyl (C=O) groups is 1. The fraction of sp³-hybridized carbons (Fsp3) is 0.300. The molecule has 3 aromatic heterocycles. The van der Waals surface area contributed by atoms with Crippen LogP contribution in [-0.2, 0) is 31.9 Å². The monoisotopic (exact) mass is 470 g/mol. The van der Waals surface area contributed by atoms with E-state index >= 15 is 0 Å². The van der Waals surface area contributed by atoms with Crippen LogP contribution in [0.1, 0.15) is 38.7 Å². The van der Waals surface area contributed by atoms with E-state index in [9.17, 15) is 31.1 Å². The highest BCUT2D eigenvalue weighted by atomic mass is 19.4. The number of hydrogen-bond donors (Lipinski definition) is 1. The van der Waals surface area contributed by atoms with E-state index in [4.69, 9.17) is 5.73 Å². The Kier molecular flexibility index (Phi) is 5.60. The van der Waals surface area contributed by atoms with Gasteiger partial charge >= 0.3 is 12.4 Å². The maximum atomic E-state index is 13.0. The first kappa shape index (κ1) is 22.7. The summed E-state index contributed by atoms with van der Waals surface area (Å²) in [6.07, 6.45) is -6.67. The molecule has 1 amide bonds. The molecule has 1 aliphatic rings. The van der Waals surface area contributed by atoms with E-state index in [1.165, 1.54) is 12.1 Å². The summed E-state index contributed by atoms with van der Waals surface area (Å²) in [5.41, 5.74) is 4.69. The van der Waals surface area contributed by atoms with E-state index in [2.05, 4.69) is 15.1 Å². The zero-order valence-electron chi connectivity index (χ0n) is 16.8. The number of aromatic nitrogens is 4. The van der Waals surface area contributed by atoms with Gasteiger partial charge in [-0.1, -0.05) is 0 Å². The Morgan fingerprint density at radius 1 is 1.06 bits per heavy atom. The van der Waals surface area contributed by atoms with Crippen molar-refractivity contribution >= 4 is 5.91 Å². The van der Waals surface area contributed by atoms with Gasteiger partial charge in [-0.25, -0.2) is 9.67 Å². The highest BCUT2D eigenvalue weighted by Gasteiger charge is 2.35. The zero-order valence-corrected chi connectivity index (χ0v) is 16.8. The van der Waals surface area contributed by atoms with Crippen molar-refractivity contribution in [3.05, 3.63) is 70.6 Å². The van der Waals surface area contributed by atoms with Gasteiger partial charge in [0.1, 0.15) is 11.4 Å². The van der Waals surface area contributed by atoms with Crippen molar-refractivity contribution in [1.82, 2.24) is 24.6 Å². The molecule has 0 fully saturated rings. The molecule has 0 atom stereocenters. The van der Waals surface area contributed by atoms with Gasteiger partial charge in [-0.2, -0.15) is 31.4 Å². The number of carbonyl (C=O) groups excluding carboxylic acids is 1. The first-order valence-electron chi connectivity index (χ1n) is 9.62. The first-order valence-corrected chi connectivity index (χ1v) is 9.62. The number of hydrogen-bond acceptors (Lipinski definition) is 5. The van der Waals surface area contributed by atoms with Crippen LogP contribution in [0.4, 0.5) is 26.3 Å². The van der Waals surface area contributed by atoms with Crippen LogP contribution in [0.15, 0.2) is 36.7 Å². The molecule has 33 heavy (non-hydrogen) atoms. The molecule has 0 unspecified atom stereocenters. The average molecular weight is 470 g/mol. The predicted molar refractivity (Wildman–Crippen MR) is 102 cm³/mol. The molecule has 7 nitrogen and oxygen atoms in total. The predicted octanol–water partition coefficient (Wildman–Crippen LogP) is 3.36. The number of fused-ring (bicyclic) bond motifs is 1. The molecule has 0 spiro atoms. The standard InChI is InChI=1S/C20H16F6N6O/c21-19(22,23)16-3-6-32(30-16)15-8-13(18(27)33)29-14-10-31(5-2-12(14)15)9-11-1-4-28-17(7-11)20(24,25)26/h1,3-4,6-8H,2,5,9-10H2,(H2,27,33). The summed E-state index contributed by atoms with van der Waals surface area (Å²) in [7, 11) is 0. The van der Waals surface area contributed by atoms with Gasteiger partial charge in [0.25, 0.3) is 5.91 Å². The van der Waals surface area contributed by atoms with E-state index in [1.54, 1.807) is 0 Å². The molecule has 2 N–H and O–H groups in total. The van der Waals surface area contributed by atoms with Crippen molar-refractivity contribution in [2.45, 2.75) is 31.9 Å². The topological polar surface area (TPSA) is 89.9 Å². The van der Waals surface area contributed by atoms with Crippen LogP contribution in [0.3, 0.4) is 0 Å². The number of primary amides is 1. The fourth-order valence-corrected chi connectivity index (χ4v) is 3.63. The van der Waals surface area contributed by atoms with Gasteiger partial charge < -0.3 is 5.73 Å². The Labute approximate surface area is 182 Å². The summed E-state index contributed by atoms with van der Waals surface area (Å²) in [4.78, 5) is 21.1. The minimum atomic E-state index is -4.64. The molecule has 0 radical (unpaired) electrons.